The van der Waals surface area contributed by atoms with Crippen LogP contribution >= 0.6 is 0 Å². The Morgan fingerprint density at radius 3 is 2.47 bits per heavy atom. The minimum Gasteiger partial charge on any atom is -0.382 e. The van der Waals surface area contributed by atoms with Gasteiger partial charge in [0.2, 0.25) is 0 Å². The van der Waals surface area contributed by atoms with Gasteiger partial charge in [0.05, 0.1) is 0 Å². The fraction of sp³-hybridized carbons (Fsp3) is 1.00. The molecule has 1 aliphatic heterocycles. The van der Waals surface area contributed by atoms with Crippen molar-refractivity contribution in [1.29, 1.82) is 0 Å². The molecule has 15 heavy (non-hydrogen) atoms. The second-order valence-electron chi connectivity index (χ2n) is 4.91. The zero-order valence-electron chi connectivity index (χ0n) is 10.7. The Balaban J connectivity index is 2.04. The molecule has 0 spiro atoms. The third-order valence-electron chi connectivity index (χ3n) is 3.48. The van der Waals surface area contributed by atoms with Crippen LogP contribution in [-0.2, 0) is 4.74 Å². The molecule has 2 nitrogen and oxygen atoms in total. The number of ether oxygens (including phenoxy) is 1. The molecule has 90 valence electrons. The second kappa shape index (κ2) is 7.24. The Labute approximate surface area is 95.0 Å². The maximum absolute atomic E-state index is 5.37. The smallest absolute Gasteiger partial charge is 0.0465 e. The van der Waals surface area contributed by atoms with E-state index < -0.39 is 0 Å². The van der Waals surface area contributed by atoms with Crippen molar-refractivity contribution in [3.05, 3.63) is 0 Å². The number of likely N-dealkylation sites (tertiary alicyclic amines) is 1. The Morgan fingerprint density at radius 2 is 1.93 bits per heavy atom. The molecule has 1 rings (SSSR count). The first kappa shape index (κ1) is 13.0. The van der Waals surface area contributed by atoms with Crippen LogP contribution in [0.1, 0.15) is 46.5 Å². The summed E-state index contributed by atoms with van der Waals surface area (Å²) in [4.78, 5) is 2.60. The van der Waals surface area contributed by atoms with Gasteiger partial charge in [-0.15, -0.1) is 0 Å². The zero-order valence-corrected chi connectivity index (χ0v) is 10.7. The molecule has 0 atom stereocenters. The lowest BCUT2D eigenvalue weighted by Gasteiger charge is -2.34. The third-order valence-corrected chi connectivity index (χ3v) is 3.48. The fourth-order valence-electron chi connectivity index (χ4n) is 2.38. The van der Waals surface area contributed by atoms with E-state index in [0.717, 1.165) is 25.2 Å². The van der Waals surface area contributed by atoms with Crippen LogP contribution in [0.5, 0.6) is 0 Å². The van der Waals surface area contributed by atoms with Gasteiger partial charge in [-0.05, 0) is 65.5 Å². The summed E-state index contributed by atoms with van der Waals surface area (Å²) in [5.41, 5.74) is 0. The van der Waals surface area contributed by atoms with E-state index in [2.05, 4.69) is 25.7 Å². The number of hydrogen-bond acceptors (Lipinski definition) is 2. The SMILES string of the molecule is CCOCCCC1CCN(C(C)C)CC1. The predicted octanol–water partition coefficient (Wildman–Crippen LogP) is 2.92. The molecule has 0 saturated carbocycles. The molecule has 0 radical (unpaired) electrons. The molecule has 0 bridgehead atoms. The van der Waals surface area contributed by atoms with E-state index in [-0.39, 0.29) is 0 Å². The van der Waals surface area contributed by atoms with Crippen molar-refractivity contribution in [3.63, 3.8) is 0 Å². The van der Waals surface area contributed by atoms with Gasteiger partial charge in [-0.3, -0.25) is 0 Å². The maximum Gasteiger partial charge on any atom is 0.0465 e. The van der Waals surface area contributed by atoms with E-state index in [1.54, 1.807) is 0 Å². The lowest BCUT2D eigenvalue weighted by Crippen LogP contribution is -2.38. The first-order valence-electron chi connectivity index (χ1n) is 6.55. The molecule has 1 saturated heterocycles. The molecule has 0 aromatic carbocycles. The number of hydrogen-bond donors (Lipinski definition) is 0. The molecule has 0 N–H and O–H groups in total. The molecule has 2 heteroatoms. The fourth-order valence-corrected chi connectivity index (χ4v) is 2.38. The monoisotopic (exact) mass is 213 g/mol. The number of rotatable bonds is 6. The topological polar surface area (TPSA) is 12.5 Å². The highest BCUT2D eigenvalue weighted by Gasteiger charge is 2.20. The van der Waals surface area contributed by atoms with Crippen molar-refractivity contribution in [2.24, 2.45) is 5.92 Å². The lowest BCUT2D eigenvalue weighted by atomic mass is 9.92. The molecule has 0 aliphatic carbocycles. The standard InChI is InChI=1S/C13H27NO/c1-4-15-11-5-6-13-7-9-14(10-8-13)12(2)3/h12-13H,4-11H2,1-3H3. The highest BCUT2D eigenvalue weighted by Crippen LogP contribution is 2.22. The average Bonchev–Trinajstić information content (AvgIpc) is 2.25. The molecule has 1 fully saturated rings. The Morgan fingerprint density at radius 1 is 1.27 bits per heavy atom. The summed E-state index contributed by atoms with van der Waals surface area (Å²) in [6.45, 7) is 11.1. The van der Waals surface area contributed by atoms with Gasteiger partial charge in [-0.25, -0.2) is 0 Å². The normalized spacial score (nSPS) is 20.0. The van der Waals surface area contributed by atoms with Crippen molar-refractivity contribution < 1.29 is 4.74 Å². The number of piperidine rings is 1. The van der Waals surface area contributed by atoms with Crippen molar-refractivity contribution >= 4 is 0 Å². The molecular weight excluding hydrogens is 186 g/mol. The van der Waals surface area contributed by atoms with Crippen LogP contribution in [0.15, 0.2) is 0 Å². The van der Waals surface area contributed by atoms with Crippen LogP contribution in [0, 0.1) is 5.92 Å². The lowest BCUT2D eigenvalue weighted by molar-refractivity contribution is 0.119. The first-order chi connectivity index (χ1) is 7.24. The van der Waals surface area contributed by atoms with E-state index in [1.807, 2.05) is 0 Å². The predicted molar refractivity (Wildman–Crippen MR) is 65.2 cm³/mol. The summed E-state index contributed by atoms with van der Waals surface area (Å²) in [5.74, 6) is 0.959. The van der Waals surface area contributed by atoms with Crippen LogP contribution < -0.4 is 0 Å². The van der Waals surface area contributed by atoms with E-state index in [4.69, 9.17) is 4.74 Å². The van der Waals surface area contributed by atoms with Crippen LogP contribution in [0.2, 0.25) is 0 Å². The second-order valence-corrected chi connectivity index (χ2v) is 4.91. The summed E-state index contributed by atoms with van der Waals surface area (Å²) >= 11 is 0. The molecule has 1 aliphatic rings. The van der Waals surface area contributed by atoms with E-state index in [0.29, 0.717) is 0 Å². The summed E-state index contributed by atoms with van der Waals surface area (Å²) in [5, 5.41) is 0. The maximum atomic E-state index is 5.37. The largest absolute Gasteiger partial charge is 0.382 e. The van der Waals surface area contributed by atoms with Gasteiger partial charge in [-0.2, -0.15) is 0 Å². The van der Waals surface area contributed by atoms with E-state index >= 15 is 0 Å². The van der Waals surface area contributed by atoms with Crippen molar-refractivity contribution in [1.82, 2.24) is 4.90 Å². The van der Waals surface area contributed by atoms with Crippen LogP contribution in [0.25, 0.3) is 0 Å². The van der Waals surface area contributed by atoms with Crippen molar-refractivity contribution in [3.8, 4) is 0 Å². The Bertz CT molecular complexity index is 151. The van der Waals surface area contributed by atoms with Crippen molar-refractivity contribution in [2.45, 2.75) is 52.5 Å². The molecule has 0 amide bonds. The molecule has 0 aromatic rings. The average molecular weight is 213 g/mol. The minimum absolute atomic E-state index is 0.731. The summed E-state index contributed by atoms with van der Waals surface area (Å²) in [6, 6.07) is 0.731. The summed E-state index contributed by atoms with van der Waals surface area (Å²) < 4.78 is 5.37. The van der Waals surface area contributed by atoms with Gasteiger partial charge < -0.3 is 9.64 Å². The molecule has 0 aromatic heterocycles. The van der Waals surface area contributed by atoms with Crippen LogP contribution in [0.3, 0.4) is 0 Å². The highest BCUT2D eigenvalue weighted by molar-refractivity contribution is 4.74. The molecular formula is C13H27NO. The van der Waals surface area contributed by atoms with Crippen LogP contribution in [-0.4, -0.2) is 37.2 Å². The zero-order chi connectivity index (χ0) is 11.1. The first-order valence-corrected chi connectivity index (χ1v) is 6.55. The van der Waals surface area contributed by atoms with Gasteiger partial charge in [0.15, 0.2) is 0 Å². The van der Waals surface area contributed by atoms with E-state index in [9.17, 15) is 0 Å². The Hall–Kier alpha value is -0.0800. The molecule has 1 heterocycles. The van der Waals surface area contributed by atoms with Crippen LogP contribution in [0.4, 0.5) is 0 Å². The quantitative estimate of drug-likeness (QED) is 0.629. The van der Waals surface area contributed by atoms with Gasteiger partial charge in [-0.1, -0.05) is 0 Å². The van der Waals surface area contributed by atoms with Gasteiger partial charge >= 0.3 is 0 Å². The third kappa shape index (κ3) is 4.98. The Kier molecular flexibility index (Phi) is 6.26. The van der Waals surface area contributed by atoms with Gasteiger partial charge in [0, 0.05) is 19.3 Å². The summed E-state index contributed by atoms with van der Waals surface area (Å²) in [7, 11) is 0. The van der Waals surface area contributed by atoms with Gasteiger partial charge in [0.25, 0.3) is 0 Å². The van der Waals surface area contributed by atoms with Gasteiger partial charge in [0.1, 0.15) is 0 Å². The van der Waals surface area contributed by atoms with E-state index in [1.165, 1.54) is 38.8 Å². The minimum atomic E-state index is 0.731. The van der Waals surface area contributed by atoms with Crippen molar-refractivity contribution in [2.75, 3.05) is 26.3 Å². The highest BCUT2D eigenvalue weighted by atomic mass is 16.5. The molecule has 0 unspecified atom stereocenters. The number of nitrogens with zero attached hydrogens (tertiary/aromatic N) is 1. The summed E-state index contributed by atoms with van der Waals surface area (Å²) in [6.07, 6.45) is 5.40.